The van der Waals surface area contributed by atoms with E-state index in [0.29, 0.717) is 6.04 Å². The predicted octanol–water partition coefficient (Wildman–Crippen LogP) is 1.46. The summed E-state index contributed by atoms with van der Waals surface area (Å²) >= 11 is 0. The van der Waals surface area contributed by atoms with Crippen LogP contribution >= 0.6 is 0 Å². The summed E-state index contributed by atoms with van der Waals surface area (Å²) in [5.41, 5.74) is 0. The quantitative estimate of drug-likeness (QED) is 0.789. The molecule has 0 aliphatic carbocycles. The number of rotatable bonds is 3. The fraction of sp³-hybridized carbons (Fsp3) is 0.636. The van der Waals surface area contributed by atoms with Gasteiger partial charge in [0.25, 0.3) is 0 Å². The van der Waals surface area contributed by atoms with Gasteiger partial charge in [-0.2, -0.15) is 0 Å². The molecule has 3 nitrogen and oxygen atoms in total. The lowest BCUT2D eigenvalue weighted by Crippen LogP contribution is -2.40. The second-order valence-corrected chi connectivity index (χ2v) is 3.98. The van der Waals surface area contributed by atoms with E-state index in [-0.39, 0.29) is 0 Å². The van der Waals surface area contributed by atoms with Gasteiger partial charge in [-0.15, -0.1) is 0 Å². The zero-order chi connectivity index (χ0) is 9.80. The molecule has 0 saturated carbocycles. The topological polar surface area (TPSA) is 28.4 Å². The van der Waals surface area contributed by atoms with Gasteiger partial charge in [0.1, 0.15) is 5.76 Å². The minimum absolute atomic E-state index is 0.710. The molecule has 1 aliphatic heterocycles. The molecule has 1 aromatic rings. The van der Waals surface area contributed by atoms with Gasteiger partial charge < -0.3 is 9.73 Å². The maximum atomic E-state index is 5.34. The van der Waals surface area contributed by atoms with E-state index in [0.717, 1.165) is 25.4 Å². The van der Waals surface area contributed by atoms with Crippen molar-refractivity contribution in [2.24, 2.45) is 0 Å². The Balaban J connectivity index is 1.85. The molecule has 0 spiro atoms. The fourth-order valence-corrected chi connectivity index (χ4v) is 2.02. The summed E-state index contributed by atoms with van der Waals surface area (Å²) in [5.74, 6) is 1.06. The van der Waals surface area contributed by atoms with Gasteiger partial charge >= 0.3 is 0 Å². The number of hydrogen-bond donors (Lipinski definition) is 1. The Morgan fingerprint density at radius 1 is 1.50 bits per heavy atom. The molecule has 0 unspecified atom stereocenters. The number of nitrogens with one attached hydrogen (secondary N) is 1. The first-order valence-electron chi connectivity index (χ1n) is 5.29. The third-order valence-electron chi connectivity index (χ3n) is 2.92. The second-order valence-electron chi connectivity index (χ2n) is 3.98. The fourth-order valence-electron chi connectivity index (χ4n) is 2.02. The number of piperidine rings is 1. The Morgan fingerprint density at radius 2 is 2.29 bits per heavy atom. The average molecular weight is 194 g/mol. The van der Waals surface area contributed by atoms with Crippen LogP contribution in [0.3, 0.4) is 0 Å². The van der Waals surface area contributed by atoms with Gasteiger partial charge in [0.2, 0.25) is 0 Å². The first kappa shape index (κ1) is 9.74. The highest BCUT2D eigenvalue weighted by Crippen LogP contribution is 2.13. The van der Waals surface area contributed by atoms with Crippen LogP contribution in [0, 0.1) is 0 Å². The van der Waals surface area contributed by atoms with Gasteiger partial charge in [0.15, 0.2) is 0 Å². The lowest BCUT2D eigenvalue weighted by atomic mass is 10.1. The SMILES string of the molecule is CN(Cc1ccco1)C1CCNCC1. The molecule has 1 fully saturated rings. The zero-order valence-corrected chi connectivity index (χ0v) is 8.70. The molecular formula is C11H18N2O. The highest BCUT2D eigenvalue weighted by Gasteiger charge is 2.18. The van der Waals surface area contributed by atoms with E-state index in [1.807, 2.05) is 12.1 Å². The summed E-state index contributed by atoms with van der Waals surface area (Å²) in [6.45, 7) is 3.22. The predicted molar refractivity (Wildman–Crippen MR) is 56.1 cm³/mol. The van der Waals surface area contributed by atoms with Crippen LogP contribution in [-0.4, -0.2) is 31.1 Å². The van der Waals surface area contributed by atoms with Gasteiger partial charge in [-0.3, -0.25) is 4.90 Å². The summed E-state index contributed by atoms with van der Waals surface area (Å²) in [5, 5.41) is 3.38. The van der Waals surface area contributed by atoms with Crippen molar-refractivity contribution >= 4 is 0 Å². The van der Waals surface area contributed by atoms with Crippen molar-refractivity contribution in [1.29, 1.82) is 0 Å². The summed E-state index contributed by atoms with van der Waals surface area (Å²) in [6, 6.07) is 4.70. The van der Waals surface area contributed by atoms with E-state index in [4.69, 9.17) is 4.42 Å². The molecule has 0 atom stereocenters. The molecular weight excluding hydrogens is 176 g/mol. The minimum atomic E-state index is 0.710. The van der Waals surface area contributed by atoms with Crippen molar-refractivity contribution in [2.75, 3.05) is 20.1 Å². The number of hydrogen-bond acceptors (Lipinski definition) is 3. The largest absolute Gasteiger partial charge is 0.468 e. The van der Waals surface area contributed by atoms with Crippen LogP contribution in [0.4, 0.5) is 0 Å². The zero-order valence-electron chi connectivity index (χ0n) is 8.70. The Bertz CT molecular complexity index is 252. The van der Waals surface area contributed by atoms with Crippen molar-refractivity contribution < 1.29 is 4.42 Å². The molecule has 1 aromatic heterocycles. The smallest absolute Gasteiger partial charge is 0.117 e. The molecule has 78 valence electrons. The maximum Gasteiger partial charge on any atom is 0.117 e. The first-order chi connectivity index (χ1) is 6.86. The van der Waals surface area contributed by atoms with Crippen molar-refractivity contribution in [1.82, 2.24) is 10.2 Å². The highest BCUT2D eigenvalue weighted by atomic mass is 16.3. The van der Waals surface area contributed by atoms with E-state index in [2.05, 4.69) is 17.3 Å². The molecule has 14 heavy (non-hydrogen) atoms. The molecule has 0 radical (unpaired) electrons. The summed E-state index contributed by atoms with van der Waals surface area (Å²) in [7, 11) is 2.18. The molecule has 2 heterocycles. The molecule has 0 bridgehead atoms. The Morgan fingerprint density at radius 3 is 2.93 bits per heavy atom. The Hall–Kier alpha value is -0.800. The van der Waals surface area contributed by atoms with E-state index in [1.54, 1.807) is 6.26 Å². The van der Waals surface area contributed by atoms with Gasteiger partial charge in [-0.25, -0.2) is 0 Å². The summed E-state index contributed by atoms with van der Waals surface area (Å²) < 4.78 is 5.34. The summed E-state index contributed by atoms with van der Waals surface area (Å²) in [4.78, 5) is 2.39. The van der Waals surface area contributed by atoms with E-state index < -0.39 is 0 Å². The minimum Gasteiger partial charge on any atom is -0.468 e. The number of furan rings is 1. The van der Waals surface area contributed by atoms with Gasteiger partial charge in [0.05, 0.1) is 12.8 Å². The molecule has 0 aromatic carbocycles. The van der Waals surface area contributed by atoms with Gasteiger partial charge in [-0.1, -0.05) is 0 Å². The van der Waals surface area contributed by atoms with Crippen LogP contribution in [0.15, 0.2) is 22.8 Å². The van der Waals surface area contributed by atoms with Crippen LogP contribution in [0.5, 0.6) is 0 Å². The van der Waals surface area contributed by atoms with Crippen molar-refractivity contribution in [2.45, 2.75) is 25.4 Å². The molecule has 1 saturated heterocycles. The molecule has 1 N–H and O–H groups in total. The van der Waals surface area contributed by atoms with Gasteiger partial charge in [-0.05, 0) is 45.1 Å². The first-order valence-corrected chi connectivity index (χ1v) is 5.29. The van der Waals surface area contributed by atoms with Crippen molar-refractivity contribution in [3.8, 4) is 0 Å². The third-order valence-corrected chi connectivity index (χ3v) is 2.92. The van der Waals surface area contributed by atoms with Crippen LogP contribution < -0.4 is 5.32 Å². The normalized spacial score (nSPS) is 19.0. The second kappa shape index (κ2) is 4.62. The molecule has 3 heteroatoms. The Labute approximate surface area is 85.1 Å². The third kappa shape index (κ3) is 2.36. The lowest BCUT2D eigenvalue weighted by Gasteiger charge is -2.30. The molecule has 2 rings (SSSR count). The van der Waals surface area contributed by atoms with Crippen LogP contribution in [0.25, 0.3) is 0 Å². The van der Waals surface area contributed by atoms with Crippen molar-refractivity contribution in [3.05, 3.63) is 24.2 Å². The lowest BCUT2D eigenvalue weighted by molar-refractivity contribution is 0.179. The van der Waals surface area contributed by atoms with E-state index >= 15 is 0 Å². The summed E-state index contributed by atoms with van der Waals surface area (Å²) in [6.07, 6.45) is 4.24. The van der Waals surface area contributed by atoms with E-state index in [9.17, 15) is 0 Å². The highest BCUT2D eigenvalue weighted by molar-refractivity contribution is 4.98. The van der Waals surface area contributed by atoms with Crippen LogP contribution in [-0.2, 0) is 6.54 Å². The molecule has 0 amide bonds. The van der Waals surface area contributed by atoms with Crippen LogP contribution in [0.1, 0.15) is 18.6 Å². The van der Waals surface area contributed by atoms with E-state index in [1.165, 1.54) is 12.8 Å². The molecule has 1 aliphatic rings. The standard InChI is InChI=1S/C11H18N2O/c1-13(9-11-3-2-8-14-11)10-4-6-12-7-5-10/h2-3,8,10,12H,4-7,9H2,1H3. The van der Waals surface area contributed by atoms with Crippen LogP contribution in [0.2, 0.25) is 0 Å². The Kier molecular flexibility index (Phi) is 3.22. The van der Waals surface area contributed by atoms with Gasteiger partial charge in [0, 0.05) is 6.04 Å². The maximum absolute atomic E-state index is 5.34. The number of nitrogens with zero attached hydrogens (tertiary/aromatic N) is 1. The van der Waals surface area contributed by atoms with Crippen molar-refractivity contribution in [3.63, 3.8) is 0 Å². The monoisotopic (exact) mass is 194 g/mol. The average Bonchev–Trinajstić information content (AvgIpc) is 2.72.